The van der Waals surface area contributed by atoms with E-state index in [1.807, 2.05) is 24.3 Å². The quantitative estimate of drug-likeness (QED) is 0.871. The Morgan fingerprint density at radius 2 is 2.00 bits per heavy atom. The lowest BCUT2D eigenvalue weighted by Gasteiger charge is -2.03. The third kappa shape index (κ3) is 2.37. The molecule has 0 amide bonds. The minimum atomic E-state index is 0.625. The molecule has 0 atom stereocenters. The van der Waals surface area contributed by atoms with Crippen molar-refractivity contribution < 1.29 is 0 Å². The van der Waals surface area contributed by atoms with Crippen LogP contribution in [0.4, 0.5) is 0 Å². The largest absolute Gasteiger partial charge is 0.330 e. The van der Waals surface area contributed by atoms with Crippen molar-refractivity contribution in [2.75, 3.05) is 6.54 Å². The van der Waals surface area contributed by atoms with E-state index in [1.54, 1.807) is 4.68 Å². The second kappa shape index (κ2) is 5.05. The Balaban J connectivity index is 2.26. The summed E-state index contributed by atoms with van der Waals surface area (Å²) in [7, 11) is 0. The average molecular weight is 238 g/mol. The summed E-state index contributed by atoms with van der Waals surface area (Å²) in [6.45, 7) is 1.35. The Labute approximate surface area is 98.2 Å². The predicted molar refractivity (Wildman–Crippen MR) is 61.9 cm³/mol. The van der Waals surface area contributed by atoms with E-state index in [9.17, 15) is 0 Å². The van der Waals surface area contributed by atoms with Gasteiger partial charge in [0.25, 0.3) is 0 Å². The molecule has 5 nitrogen and oxygen atoms in total. The topological polar surface area (TPSA) is 69.6 Å². The zero-order valence-electron chi connectivity index (χ0n) is 8.67. The molecule has 84 valence electrons. The molecule has 6 heteroatoms. The lowest BCUT2D eigenvalue weighted by molar-refractivity contribution is 0.568. The second-order valence-electron chi connectivity index (χ2n) is 3.37. The number of aryl methyl sites for hydroxylation is 1. The van der Waals surface area contributed by atoms with E-state index in [0.29, 0.717) is 11.6 Å². The van der Waals surface area contributed by atoms with Crippen LogP contribution in [-0.2, 0) is 6.54 Å². The van der Waals surface area contributed by atoms with Crippen LogP contribution in [0.1, 0.15) is 6.42 Å². The van der Waals surface area contributed by atoms with Crippen LogP contribution in [0.5, 0.6) is 0 Å². The molecule has 1 aromatic carbocycles. The first-order valence-corrected chi connectivity index (χ1v) is 5.41. The fourth-order valence-electron chi connectivity index (χ4n) is 1.40. The van der Waals surface area contributed by atoms with Gasteiger partial charge in [-0.25, -0.2) is 4.68 Å². The first kappa shape index (κ1) is 11.0. The predicted octanol–water partition coefficient (Wildman–Crippen LogP) is 1.34. The molecule has 0 aliphatic rings. The number of halogens is 1. The third-order valence-electron chi connectivity index (χ3n) is 2.21. The highest BCUT2D eigenvalue weighted by atomic mass is 35.5. The van der Waals surface area contributed by atoms with Gasteiger partial charge in [0.05, 0.1) is 0 Å². The van der Waals surface area contributed by atoms with Gasteiger partial charge < -0.3 is 5.73 Å². The van der Waals surface area contributed by atoms with E-state index in [0.717, 1.165) is 24.4 Å². The first-order chi connectivity index (χ1) is 7.81. The van der Waals surface area contributed by atoms with E-state index < -0.39 is 0 Å². The van der Waals surface area contributed by atoms with Gasteiger partial charge in [-0.1, -0.05) is 11.6 Å². The Morgan fingerprint density at radius 1 is 1.25 bits per heavy atom. The summed E-state index contributed by atoms with van der Waals surface area (Å²) in [5.74, 6) is 0.741. The van der Waals surface area contributed by atoms with E-state index in [4.69, 9.17) is 17.3 Å². The van der Waals surface area contributed by atoms with E-state index in [-0.39, 0.29) is 0 Å². The van der Waals surface area contributed by atoms with E-state index in [1.165, 1.54) is 0 Å². The Morgan fingerprint density at radius 3 is 2.69 bits per heavy atom. The van der Waals surface area contributed by atoms with E-state index >= 15 is 0 Å². The van der Waals surface area contributed by atoms with Crippen molar-refractivity contribution in [3.8, 4) is 11.4 Å². The Bertz CT molecular complexity index is 450. The number of hydrogen-bond acceptors (Lipinski definition) is 4. The number of nitrogens with zero attached hydrogens (tertiary/aromatic N) is 4. The number of rotatable bonds is 4. The maximum Gasteiger partial charge on any atom is 0.182 e. The Kier molecular flexibility index (Phi) is 3.48. The number of nitrogens with two attached hydrogens (primary N) is 1. The molecular weight excluding hydrogens is 226 g/mol. The Hall–Kier alpha value is -1.46. The zero-order valence-corrected chi connectivity index (χ0v) is 9.43. The SMILES string of the molecule is NCCCn1nnnc1-c1ccc(Cl)cc1. The van der Waals surface area contributed by atoms with E-state index in [2.05, 4.69) is 15.5 Å². The van der Waals surface area contributed by atoms with Crippen molar-refractivity contribution in [2.24, 2.45) is 5.73 Å². The maximum atomic E-state index is 5.82. The minimum absolute atomic E-state index is 0.625. The highest BCUT2D eigenvalue weighted by Crippen LogP contribution is 2.18. The molecule has 0 radical (unpaired) electrons. The summed E-state index contributed by atoms with van der Waals surface area (Å²) in [6.07, 6.45) is 0.853. The minimum Gasteiger partial charge on any atom is -0.330 e. The monoisotopic (exact) mass is 237 g/mol. The second-order valence-corrected chi connectivity index (χ2v) is 3.81. The molecule has 0 aliphatic carbocycles. The van der Waals surface area contributed by atoms with Crippen LogP contribution in [0.25, 0.3) is 11.4 Å². The molecule has 1 heterocycles. The van der Waals surface area contributed by atoms with Gasteiger partial charge in [0.1, 0.15) is 0 Å². The van der Waals surface area contributed by atoms with Crippen LogP contribution in [0.2, 0.25) is 5.02 Å². The highest BCUT2D eigenvalue weighted by Gasteiger charge is 2.07. The van der Waals surface area contributed by atoms with Crippen molar-refractivity contribution in [2.45, 2.75) is 13.0 Å². The smallest absolute Gasteiger partial charge is 0.182 e. The van der Waals surface area contributed by atoms with Crippen molar-refractivity contribution >= 4 is 11.6 Å². The van der Waals surface area contributed by atoms with Crippen LogP contribution >= 0.6 is 11.6 Å². The molecule has 0 fully saturated rings. The van der Waals surface area contributed by atoms with Crippen molar-refractivity contribution in [1.82, 2.24) is 20.2 Å². The number of hydrogen-bond donors (Lipinski definition) is 1. The van der Waals surface area contributed by atoms with Crippen molar-refractivity contribution in [1.29, 1.82) is 0 Å². The van der Waals surface area contributed by atoms with Crippen LogP contribution in [0, 0.1) is 0 Å². The van der Waals surface area contributed by atoms with Crippen molar-refractivity contribution in [3.05, 3.63) is 29.3 Å². The molecule has 0 saturated carbocycles. The van der Waals surface area contributed by atoms with Crippen LogP contribution in [0.3, 0.4) is 0 Å². The lowest BCUT2D eigenvalue weighted by Crippen LogP contribution is -2.08. The molecule has 0 unspecified atom stereocenters. The van der Waals surface area contributed by atoms with Crippen LogP contribution < -0.4 is 5.73 Å². The zero-order chi connectivity index (χ0) is 11.4. The number of benzene rings is 1. The molecule has 2 aromatic rings. The molecule has 0 saturated heterocycles. The summed E-state index contributed by atoms with van der Waals surface area (Å²) in [6, 6.07) is 7.43. The van der Waals surface area contributed by atoms with Gasteiger partial charge in [-0.05, 0) is 47.7 Å². The maximum absolute atomic E-state index is 5.82. The van der Waals surface area contributed by atoms with Gasteiger partial charge in [-0.2, -0.15) is 0 Å². The molecule has 0 spiro atoms. The average Bonchev–Trinajstić information content (AvgIpc) is 2.75. The molecule has 0 aliphatic heterocycles. The molecular formula is C10H12ClN5. The third-order valence-corrected chi connectivity index (χ3v) is 2.46. The molecule has 0 bridgehead atoms. The molecule has 2 rings (SSSR count). The van der Waals surface area contributed by atoms with Gasteiger partial charge in [0, 0.05) is 17.1 Å². The fraction of sp³-hybridized carbons (Fsp3) is 0.300. The van der Waals surface area contributed by atoms with Gasteiger partial charge in [0.15, 0.2) is 5.82 Å². The molecule has 1 aromatic heterocycles. The highest BCUT2D eigenvalue weighted by molar-refractivity contribution is 6.30. The lowest BCUT2D eigenvalue weighted by atomic mass is 10.2. The van der Waals surface area contributed by atoms with Gasteiger partial charge in [-0.3, -0.25) is 0 Å². The fourth-order valence-corrected chi connectivity index (χ4v) is 1.53. The van der Waals surface area contributed by atoms with Gasteiger partial charge in [-0.15, -0.1) is 5.10 Å². The van der Waals surface area contributed by atoms with Gasteiger partial charge >= 0.3 is 0 Å². The van der Waals surface area contributed by atoms with Gasteiger partial charge in [0.2, 0.25) is 0 Å². The molecule has 2 N–H and O–H groups in total. The van der Waals surface area contributed by atoms with Crippen molar-refractivity contribution in [3.63, 3.8) is 0 Å². The normalized spacial score (nSPS) is 10.6. The summed E-state index contributed by atoms with van der Waals surface area (Å²) >= 11 is 5.82. The summed E-state index contributed by atoms with van der Waals surface area (Å²) < 4.78 is 1.75. The summed E-state index contributed by atoms with van der Waals surface area (Å²) in [5, 5.41) is 12.3. The van der Waals surface area contributed by atoms with Crippen LogP contribution in [0.15, 0.2) is 24.3 Å². The standard InChI is InChI=1S/C10H12ClN5/c11-9-4-2-8(3-5-9)10-13-14-15-16(10)7-1-6-12/h2-5H,1,6-7,12H2. The number of tetrazole rings is 1. The van der Waals surface area contributed by atoms with Crippen LogP contribution in [-0.4, -0.2) is 26.8 Å². The summed E-state index contributed by atoms with van der Waals surface area (Å²) in [5.41, 5.74) is 6.40. The summed E-state index contributed by atoms with van der Waals surface area (Å²) in [4.78, 5) is 0. The molecule has 16 heavy (non-hydrogen) atoms. The first-order valence-electron chi connectivity index (χ1n) is 5.03. The number of aromatic nitrogens is 4.